The van der Waals surface area contributed by atoms with Crippen LogP contribution in [-0.2, 0) is 13.3 Å². The maximum Gasteiger partial charge on any atom is 0.469 e. The molecular weight excluding hydrogens is 195 g/mol. The minimum atomic E-state index is -4.48. The molecule has 0 aromatic carbocycles. The zero-order valence-corrected chi connectivity index (χ0v) is 7.24. The van der Waals surface area contributed by atoms with Gasteiger partial charge < -0.3 is 19.1 Å². The molecule has 0 amide bonds. The summed E-state index contributed by atoms with van der Waals surface area (Å²) < 4.78 is 18.2. The summed E-state index contributed by atoms with van der Waals surface area (Å²) in [6.07, 6.45) is -1.08. The van der Waals surface area contributed by atoms with Crippen LogP contribution in [-0.4, -0.2) is 34.2 Å². The quantitative estimate of drug-likeness (QED) is 0.269. The summed E-state index contributed by atoms with van der Waals surface area (Å²) in [5.74, 6) is 0. The monoisotopic (exact) mass is 204 g/mol. The molecule has 11 heavy (non-hydrogen) atoms. The van der Waals surface area contributed by atoms with Gasteiger partial charge in [-0.05, 0) is 12.9 Å². The Labute approximate surface area is 69.0 Å². The van der Waals surface area contributed by atoms with Crippen molar-refractivity contribution in [3.63, 3.8) is 0 Å². The number of aliphatic hydroxyl groups is 1. The second-order valence-electron chi connectivity index (χ2n) is 1.74. The lowest BCUT2D eigenvalue weighted by Gasteiger charge is -2.09. The van der Waals surface area contributed by atoms with Crippen molar-refractivity contribution in [3.8, 4) is 0 Å². The maximum atomic E-state index is 10.0. The standard InChI is InChI=1S/C3H9O6PS/c4-3(2-9-11)1-8-10(5,6)7/h3-4,11H,1-2H2,(H2,5,6,7). The van der Waals surface area contributed by atoms with Crippen molar-refractivity contribution in [2.45, 2.75) is 6.10 Å². The highest BCUT2D eigenvalue weighted by Gasteiger charge is 2.16. The van der Waals surface area contributed by atoms with E-state index in [9.17, 15) is 4.57 Å². The van der Waals surface area contributed by atoms with Gasteiger partial charge >= 0.3 is 7.82 Å². The lowest BCUT2D eigenvalue weighted by Crippen LogP contribution is -2.19. The van der Waals surface area contributed by atoms with Gasteiger partial charge in [-0.15, -0.1) is 0 Å². The molecule has 1 atom stereocenters. The molecule has 0 saturated carbocycles. The smallest absolute Gasteiger partial charge is 0.388 e. The lowest BCUT2D eigenvalue weighted by molar-refractivity contribution is 0.0563. The fraction of sp³-hybridized carbons (Fsp3) is 1.00. The van der Waals surface area contributed by atoms with E-state index in [0.29, 0.717) is 0 Å². The average Bonchev–Trinajstić information content (AvgIpc) is 1.83. The minimum absolute atomic E-state index is 0.150. The first-order valence-corrected chi connectivity index (χ1v) is 4.50. The van der Waals surface area contributed by atoms with Crippen LogP contribution in [0.3, 0.4) is 0 Å². The van der Waals surface area contributed by atoms with E-state index in [-0.39, 0.29) is 6.61 Å². The molecule has 0 saturated heterocycles. The fourth-order valence-electron chi connectivity index (χ4n) is 0.317. The average molecular weight is 204 g/mol. The summed E-state index contributed by atoms with van der Waals surface area (Å²) in [6, 6.07) is 0. The molecule has 0 rings (SSSR count). The van der Waals surface area contributed by atoms with E-state index in [4.69, 9.17) is 14.9 Å². The van der Waals surface area contributed by atoms with Crippen LogP contribution in [0.15, 0.2) is 0 Å². The van der Waals surface area contributed by atoms with Crippen molar-refractivity contribution < 1.29 is 28.2 Å². The molecule has 0 aromatic rings. The van der Waals surface area contributed by atoms with E-state index in [1.54, 1.807) is 0 Å². The van der Waals surface area contributed by atoms with E-state index in [2.05, 4.69) is 21.6 Å². The number of hydrogen-bond donors (Lipinski definition) is 4. The first kappa shape index (κ1) is 11.4. The van der Waals surface area contributed by atoms with Gasteiger partial charge in [0.1, 0.15) is 6.10 Å². The second kappa shape index (κ2) is 5.10. The Morgan fingerprint density at radius 3 is 2.36 bits per heavy atom. The van der Waals surface area contributed by atoms with E-state index in [1.165, 1.54) is 0 Å². The first-order chi connectivity index (χ1) is 4.95. The van der Waals surface area contributed by atoms with Crippen LogP contribution in [0.2, 0.25) is 0 Å². The van der Waals surface area contributed by atoms with E-state index >= 15 is 0 Å². The van der Waals surface area contributed by atoms with Gasteiger partial charge in [-0.1, -0.05) is 0 Å². The van der Waals surface area contributed by atoms with Crippen molar-refractivity contribution in [1.82, 2.24) is 0 Å². The van der Waals surface area contributed by atoms with Crippen LogP contribution in [0.25, 0.3) is 0 Å². The van der Waals surface area contributed by atoms with Gasteiger partial charge in [0.15, 0.2) is 0 Å². The number of thiol groups is 1. The molecule has 0 aliphatic carbocycles. The molecule has 1 unspecified atom stereocenters. The molecule has 68 valence electrons. The van der Waals surface area contributed by atoms with E-state index in [1.807, 2.05) is 0 Å². The molecule has 0 aliphatic heterocycles. The molecule has 0 aromatic heterocycles. The molecule has 0 aliphatic rings. The zero-order chi connectivity index (χ0) is 8.91. The van der Waals surface area contributed by atoms with Gasteiger partial charge in [0.25, 0.3) is 0 Å². The van der Waals surface area contributed by atoms with Gasteiger partial charge in [0.2, 0.25) is 0 Å². The number of rotatable bonds is 5. The number of phosphoric acid groups is 1. The Kier molecular flexibility index (Phi) is 5.28. The van der Waals surface area contributed by atoms with Gasteiger partial charge in [0.05, 0.1) is 13.2 Å². The molecule has 0 heterocycles. The Bertz CT molecular complexity index is 145. The third-order valence-corrected chi connectivity index (χ3v) is 1.34. The van der Waals surface area contributed by atoms with Crippen molar-refractivity contribution in [3.05, 3.63) is 0 Å². The molecule has 0 fully saturated rings. The molecular formula is C3H9O6PS. The third-order valence-electron chi connectivity index (χ3n) is 0.702. The van der Waals surface area contributed by atoms with Crippen LogP contribution in [0.5, 0.6) is 0 Å². The summed E-state index contributed by atoms with van der Waals surface area (Å²) >= 11 is 3.32. The topological polar surface area (TPSA) is 96.2 Å². The molecule has 0 bridgehead atoms. The normalized spacial score (nSPS) is 14.9. The lowest BCUT2D eigenvalue weighted by atomic mass is 10.4. The van der Waals surface area contributed by atoms with Crippen molar-refractivity contribution >= 4 is 20.7 Å². The predicted octanol–water partition coefficient (Wildman–Crippen LogP) is -0.682. The highest BCUT2D eigenvalue weighted by molar-refractivity contribution is 7.75. The predicted molar refractivity (Wildman–Crippen MR) is 38.9 cm³/mol. The molecule has 8 heteroatoms. The van der Waals surface area contributed by atoms with Crippen molar-refractivity contribution in [2.24, 2.45) is 0 Å². The van der Waals surface area contributed by atoms with E-state index < -0.39 is 20.5 Å². The Hall–Kier alpha value is 0.380. The number of phosphoric ester groups is 1. The minimum Gasteiger partial charge on any atom is -0.388 e. The van der Waals surface area contributed by atoms with Crippen LogP contribution in [0.4, 0.5) is 0 Å². The number of hydrogen-bond acceptors (Lipinski definition) is 5. The highest BCUT2D eigenvalue weighted by Crippen LogP contribution is 2.35. The molecule has 0 radical (unpaired) electrons. The van der Waals surface area contributed by atoms with Gasteiger partial charge in [-0.2, -0.15) is 0 Å². The van der Waals surface area contributed by atoms with Gasteiger partial charge in [-0.3, -0.25) is 4.52 Å². The van der Waals surface area contributed by atoms with Crippen LogP contribution >= 0.6 is 20.7 Å². The maximum absolute atomic E-state index is 10.0. The summed E-state index contributed by atoms with van der Waals surface area (Å²) in [6.45, 7) is -0.631. The zero-order valence-electron chi connectivity index (χ0n) is 5.45. The summed E-state index contributed by atoms with van der Waals surface area (Å²) in [7, 11) is -4.48. The first-order valence-electron chi connectivity index (χ1n) is 2.60. The van der Waals surface area contributed by atoms with Gasteiger partial charge in [0, 0.05) is 0 Å². The summed E-state index contributed by atoms with van der Waals surface area (Å²) in [4.78, 5) is 16.3. The van der Waals surface area contributed by atoms with Crippen LogP contribution in [0.1, 0.15) is 0 Å². The molecule has 6 nitrogen and oxygen atoms in total. The molecule has 0 spiro atoms. The van der Waals surface area contributed by atoms with E-state index in [0.717, 1.165) is 0 Å². The van der Waals surface area contributed by atoms with Gasteiger partial charge in [-0.25, -0.2) is 4.57 Å². The Morgan fingerprint density at radius 2 is 2.00 bits per heavy atom. The largest absolute Gasteiger partial charge is 0.469 e. The van der Waals surface area contributed by atoms with Crippen LogP contribution in [0, 0.1) is 0 Å². The third kappa shape index (κ3) is 8.28. The van der Waals surface area contributed by atoms with Crippen molar-refractivity contribution in [1.29, 1.82) is 0 Å². The Morgan fingerprint density at radius 1 is 1.45 bits per heavy atom. The Balaban J connectivity index is 3.46. The highest BCUT2D eigenvalue weighted by atomic mass is 32.1. The molecule has 3 N–H and O–H groups in total. The number of aliphatic hydroxyl groups excluding tert-OH is 1. The summed E-state index contributed by atoms with van der Waals surface area (Å²) in [5, 5.41) is 8.77. The summed E-state index contributed by atoms with van der Waals surface area (Å²) in [5.41, 5.74) is 0. The SMILES string of the molecule is O=P(O)(O)OCC(O)COS. The van der Waals surface area contributed by atoms with Crippen molar-refractivity contribution in [2.75, 3.05) is 13.2 Å². The van der Waals surface area contributed by atoms with Crippen LogP contribution < -0.4 is 0 Å². The second-order valence-corrected chi connectivity index (χ2v) is 3.23. The fourth-order valence-corrected chi connectivity index (χ4v) is 0.856.